The van der Waals surface area contributed by atoms with Gasteiger partial charge in [-0.15, -0.1) is 0 Å². The van der Waals surface area contributed by atoms with Crippen molar-refractivity contribution < 1.29 is 14.3 Å². The molecule has 4 aliphatic carbocycles. The van der Waals surface area contributed by atoms with Crippen LogP contribution in [0.25, 0.3) is 0 Å². The number of esters is 1. The van der Waals surface area contributed by atoms with Crippen LogP contribution in [0.2, 0.25) is 0 Å². The minimum atomic E-state index is -0.139. The monoisotopic (exact) mass is 440 g/mol. The van der Waals surface area contributed by atoms with E-state index in [4.69, 9.17) is 4.74 Å². The van der Waals surface area contributed by atoms with Crippen LogP contribution in [0, 0.1) is 52.3 Å². The van der Waals surface area contributed by atoms with Gasteiger partial charge in [-0.2, -0.15) is 0 Å². The van der Waals surface area contributed by atoms with Crippen molar-refractivity contribution in [3.05, 3.63) is 24.3 Å². The molecule has 4 aliphatic rings. The third-order valence-electron chi connectivity index (χ3n) is 10.3. The van der Waals surface area contributed by atoms with Gasteiger partial charge in [-0.3, -0.25) is 9.59 Å². The molecule has 1 unspecified atom stereocenters. The first-order chi connectivity index (χ1) is 15.1. The molecular weight excluding hydrogens is 396 g/mol. The van der Waals surface area contributed by atoms with Gasteiger partial charge >= 0.3 is 5.97 Å². The van der Waals surface area contributed by atoms with Crippen LogP contribution in [0.3, 0.4) is 0 Å². The average Bonchev–Trinajstić information content (AvgIpc) is 3.08. The molecule has 0 saturated heterocycles. The van der Waals surface area contributed by atoms with E-state index in [1.54, 1.807) is 0 Å². The summed E-state index contributed by atoms with van der Waals surface area (Å²) in [6.45, 7) is 12.9. The Morgan fingerprint density at radius 1 is 0.969 bits per heavy atom. The summed E-state index contributed by atoms with van der Waals surface area (Å²) in [5.74, 6) is 4.04. The predicted molar refractivity (Wildman–Crippen MR) is 129 cm³/mol. The van der Waals surface area contributed by atoms with Gasteiger partial charge in [-0.25, -0.2) is 0 Å². The molecule has 0 N–H and O–H groups in total. The number of allylic oxidation sites excluding steroid dienone is 4. The van der Waals surface area contributed by atoms with Crippen molar-refractivity contribution in [1.29, 1.82) is 0 Å². The summed E-state index contributed by atoms with van der Waals surface area (Å²) < 4.78 is 5.60. The smallest absolute Gasteiger partial charge is 0.302 e. The molecule has 3 fully saturated rings. The number of rotatable bonds is 5. The molecule has 3 saturated carbocycles. The maximum Gasteiger partial charge on any atom is 0.302 e. The molecule has 9 atom stereocenters. The first-order valence-electron chi connectivity index (χ1n) is 13.1. The van der Waals surface area contributed by atoms with Gasteiger partial charge in [0.15, 0.2) is 5.78 Å². The van der Waals surface area contributed by atoms with Gasteiger partial charge in [0, 0.05) is 12.8 Å². The Morgan fingerprint density at radius 3 is 2.34 bits per heavy atom. The fraction of sp³-hybridized carbons (Fsp3) is 0.793. The molecule has 0 aliphatic heterocycles. The van der Waals surface area contributed by atoms with Crippen molar-refractivity contribution in [1.82, 2.24) is 0 Å². The second-order valence-electron chi connectivity index (χ2n) is 12.3. The molecule has 32 heavy (non-hydrogen) atoms. The Morgan fingerprint density at radius 2 is 1.66 bits per heavy atom. The molecule has 0 aromatic heterocycles. The summed E-state index contributed by atoms with van der Waals surface area (Å²) in [5.41, 5.74) is 0.707. The van der Waals surface area contributed by atoms with Crippen LogP contribution in [0.4, 0.5) is 0 Å². The maximum absolute atomic E-state index is 12.1. The largest absolute Gasteiger partial charge is 0.463 e. The van der Waals surface area contributed by atoms with E-state index < -0.39 is 0 Å². The van der Waals surface area contributed by atoms with Crippen molar-refractivity contribution in [3.63, 3.8) is 0 Å². The van der Waals surface area contributed by atoms with Crippen LogP contribution in [-0.4, -0.2) is 17.9 Å². The van der Waals surface area contributed by atoms with Crippen LogP contribution < -0.4 is 0 Å². The first kappa shape index (κ1) is 23.8. The molecule has 4 rings (SSSR count). The molecular formula is C29H44O3. The van der Waals surface area contributed by atoms with Crippen LogP contribution in [0.5, 0.6) is 0 Å². The maximum atomic E-state index is 12.1. The summed E-state index contributed by atoms with van der Waals surface area (Å²) in [6.07, 6.45) is 17.6. The lowest BCUT2D eigenvalue weighted by Crippen LogP contribution is -2.52. The number of hydrogen-bond donors (Lipinski definition) is 0. The number of ketones is 1. The Hall–Kier alpha value is -1.38. The lowest BCUT2D eigenvalue weighted by molar-refractivity contribution is -0.152. The zero-order valence-corrected chi connectivity index (χ0v) is 21.1. The summed E-state index contributed by atoms with van der Waals surface area (Å²) in [4.78, 5) is 23.6. The van der Waals surface area contributed by atoms with Crippen LogP contribution >= 0.6 is 0 Å². The molecule has 0 aromatic rings. The van der Waals surface area contributed by atoms with Crippen LogP contribution in [-0.2, 0) is 14.3 Å². The fourth-order valence-corrected chi connectivity index (χ4v) is 8.40. The van der Waals surface area contributed by atoms with Crippen molar-refractivity contribution in [2.24, 2.45) is 52.3 Å². The van der Waals surface area contributed by atoms with E-state index in [0.29, 0.717) is 34.5 Å². The van der Waals surface area contributed by atoms with Gasteiger partial charge in [-0.05, 0) is 97.4 Å². The quantitative estimate of drug-likeness (QED) is 0.269. The standard InChI is InChI=1S/C29H44O3/c1-18(2)27(31)12-7-19(3)24-10-11-25-23-9-8-21-17-22(32-20(4)30)13-15-28(21,5)26(23)14-16-29(24,25)6/h7-9,12,18-19,21-26H,10-11,13-17H2,1-6H3/t19-,21?,22+,23+,24-,25+,26+,28+,29-/m1/s1. The van der Waals surface area contributed by atoms with E-state index in [1.165, 1.54) is 39.0 Å². The summed E-state index contributed by atoms with van der Waals surface area (Å²) in [7, 11) is 0. The van der Waals surface area contributed by atoms with E-state index in [9.17, 15) is 9.59 Å². The van der Waals surface area contributed by atoms with Crippen LogP contribution in [0.1, 0.15) is 86.5 Å². The van der Waals surface area contributed by atoms with Crippen molar-refractivity contribution in [2.45, 2.75) is 92.6 Å². The molecule has 3 heteroatoms. The second kappa shape index (κ2) is 8.76. The summed E-state index contributed by atoms with van der Waals surface area (Å²) in [6, 6.07) is 0. The van der Waals surface area contributed by atoms with Crippen molar-refractivity contribution in [3.8, 4) is 0 Å². The number of hydrogen-bond acceptors (Lipinski definition) is 3. The van der Waals surface area contributed by atoms with Gasteiger partial charge in [0.1, 0.15) is 6.10 Å². The van der Waals surface area contributed by atoms with E-state index in [-0.39, 0.29) is 23.8 Å². The highest BCUT2D eigenvalue weighted by atomic mass is 16.5. The Kier molecular flexibility index (Phi) is 6.51. The van der Waals surface area contributed by atoms with Gasteiger partial charge < -0.3 is 4.74 Å². The Labute approximate surface area is 195 Å². The highest BCUT2D eigenvalue weighted by molar-refractivity contribution is 5.91. The third-order valence-corrected chi connectivity index (χ3v) is 10.3. The molecule has 0 amide bonds. The zero-order chi connectivity index (χ0) is 23.3. The molecule has 0 spiro atoms. The van der Waals surface area contributed by atoms with E-state index >= 15 is 0 Å². The van der Waals surface area contributed by atoms with Gasteiger partial charge in [0.25, 0.3) is 0 Å². The lowest BCUT2D eigenvalue weighted by atomic mass is 9.46. The molecule has 0 bridgehead atoms. The number of carbonyl (C=O) groups excluding carboxylic acids is 2. The molecule has 0 heterocycles. The Bertz CT molecular complexity index is 794. The number of ether oxygens (including phenoxy) is 1. The fourth-order valence-electron chi connectivity index (χ4n) is 8.40. The lowest BCUT2D eigenvalue weighted by Gasteiger charge is -2.59. The van der Waals surface area contributed by atoms with E-state index in [2.05, 4.69) is 39.0 Å². The topological polar surface area (TPSA) is 43.4 Å². The zero-order valence-electron chi connectivity index (χ0n) is 21.1. The highest BCUT2D eigenvalue weighted by Gasteiger charge is 2.59. The minimum Gasteiger partial charge on any atom is -0.463 e. The van der Waals surface area contributed by atoms with Gasteiger partial charge in [0.2, 0.25) is 0 Å². The van der Waals surface area contributed by atoms with E-state index in [1.807, 2.05) is 19.9 Å². The Balaban J connectivity index is 1.51. The van der Waals surface area contributed by atoms with Crippen molar-refractivity contribution in [2.75, 3.05) is 0 Å². The third kappa shape index (κ3) is 4.03. The summed E-state index contributed by atoms with van der Waals surface area (Å²) >= 11 is 0. The van der Waals surface area contributed by atoms with Gasteiger partial charge in [-0.1, -0.05) is 52.8 Å². The molecule has 0 radical (unpaired) electrons. The first-order valence-corrected chi connectivity index (χ1v) is 13.1. The van der Waals surface area contributed by atoms with Crippen LogP contribution in [0.15, 0.2) is 24.3 Å². The highest BCUT2D eigenvalue weighted by Crippen LogP contribution is 2.66. The molecule has 3 nitrogen and oxygen atoms in total. The molecule has 178 valence electrons. The second-order valence-corrected chi connectivity index (χ2v) is 12.3. The number of carbonyl (C=O) groups is 2. The number of fused-ring (bicyclic) bond motifs is 5. The normalized spacial score (nSPS) is 44.1. The SMILES string of the molecule is CC(=O)O[C@H]1CC[C@@]2(C)C(C=C[C@H]3[C@@H]4CC[C@H]([C@H](C)C=CC(=O)C(C)C)[C@@]4(C)CC[C@@H]32)C1. The molecule has 0 aromatic carbocycles. The van der Waals surface area contributed by atoms with Crippen molar-refractivity contribution >= 4 is 11.8 Å². The summed E-state index contributed by atoms with van der Waals surface area (Å²) in [5, 5.41) is 0. The minimum absolute atomic E-state index is 0.0813. The van der Waals surface area contributed by atoms with E-state index in [0.717, 1.165) is 24.7 Å². The average molecular weight is 441 g/mol. The predicted octanol–water partition coefficient (Wildman–Crippen LogP) is 6.77. The van der Waals surface area contributed by atoms with Gasteiger partial charge in [0.05, 0.1) is 0 Å².